The summed E-state index contributed by atoms with van der Waals surface area (Å²) in [6.45, 7) is 7.23. The molecule has 2 aromatic rings. The van der Waals surface area contributed by atoms with E-state index in [1.807, 2.05) is 29.8 Å². The van der Waals surface area contributed by atoms with E-state index in [-0.39, 0.29) is 24.7 Å². The summed E-state index contributed by atoms with van der Waals surface area (Å²) in [5.74, 6) is -1.57. The summed E-state index contributed by atoms with van der Waals surface area (Å²) in [4.78, 5) is 50.9. The molecule has 12 heteroatoms. The lowest BCUT2D eigenvalue weighted by molar-refractivity contribution is -0.152. The number of alkyl carbamates (subject to hydrolysis) is 1. The molecule has 3 rings (SSSR count). The van der Waals surface area contributed by atoms with Crippen molar-refractivity contribution in [3.05, 3.63) is 30.0 Å². The van der Waals surface area contributed by atoms with Gasteiger partial charge in [0.2, 0.25) is 5.78 Å². The normalized spacial score (nSPS) is 15.1. The van der Waals surface area contributed by atoms with Crippen LogP contribution in [-0.4, -0.2) is 73.1 Å². The fraction of sp³-hybridized carbons (Fsp3) is 0.594. The molecule has 1 aliphatic carbocycles. The van der Waals surface area contributed by atoms with Crippen molar-refractivity contribution < 1.29 is 38.1 Å². The van der Waals surface area contributed by atoms with E-state index in [2.05, 4.69) is 15.4 Å². The average Bonchev–Trinajstić information content (AvgIpc) is 3.45. The molecule has 242 valence electrons. The number of rotatable bonds is 13. The summed E-state index contributed by atoms with van der Waals surface area (Å²) in [7, 11) is 4.28. The maximum Gasteiger partial charge on any atom is 0.407 e. The molecule has 0 saturated heterocycles. The number of nitrogens with zero attached hydrogens (tertiary/aromatic N) is 2. The predicted molar refractivity (Wildman–Crippen MR) is 164 cm³/mol. The van der Waals surface area contributed by atoms with Crippen LogP contribution < -0.4 is 20.1 Å². The van der Waals surface area contributed by atoms with Gasteiger partial charge in [-0.25, -0.2) is 9.59 Å². The minimum atomic E-state index is -1.01. The first-order valence-electron chi connectivity index (χ1n) is 15.1. The zero-order valence-corrected chi connectivity index (χ0v) is 26.9. The molecule has 0 spiro atoms. The highest BCUT2D eigenvalue weighted by Crippen LogP contribution is 2.41. The number of hydrogen-bond acceptors (Lipinski definition) is 9. The van der Waals surface area contributed by atoms with Crippen LogP contribution in [0.25, 0.3) is 11.3 Å². The molecule has 1 aromatic carbocycles. The van der Waals surface area contributed by atoms with E-state index in [1.54, 1.807) is 41.1 Å². The third kappa shape index (κ3) is 8.96. The second-order valence-corrected chi connectivity index (χ2v) is 11.9. The van der Waals surface area contributed by atoms with Crippen LogP contribution in [0.2, 0.25) is 0 Å². The highest BCUT2D eigenvalue weighted by molar-refractivity contribution is 6.33. The van der Waals surface area contributed by atoms with Gasteiger partial charge in [0.1, 0.15) is 17.1 Å². The van der Waals surface area contributed by atoms with E-state index in [9.17, 15) is 19.2 Å². The number of hydrogen-bond donors (Lipinski definition) is 2. The first-order chi connectivity index (χ1) is 20.9. The molecule has 2 atom stereocenters. The molecular weight excluding hydrogens is 568 g/mol. The summed E-state index contributed by atoms with van der Waals surface area (Å²) < 4.78 is 23.2. The second-order valence-electron chi connectivity index (χ2n) is 11.9. The molecule has 2 amide bonds. The van der Waals surface area contributed by atoms with Gasteiger partial charge in [-0.3, -0.25) is 14.3 Å². The number of carbonyl (C=O) groups excluding carboxylic acids is 4. The second kappa shape index (κ2) is 15.6. The number of nitrogens with one attached hydrogen (secondary N) is 2. The first-order valence-corrected chi connectivity index (χ1v) is 15.1. The van der Waals surface area contributed by atoms with E-state index < -0.39 is 41.3 Å². The predicted octanol–water partition coefficient (Wildman–Crippen LogP) is 4.85. The Bertz CT molecular complexity index is 1290. The van der Waals surface area contributed by atoms with Crippen LogP contribution in [-0.2, 0) is 19.1 Å². The first kappa shape index (κ1) is 34.4. The van der Waals surface area contributed by atoms with Gasteiger partial charge in [-0.1, -0.05) is 32.3 Å². The monoisotopic (exact) mass is 614 g/mol. The number of amides is 2. The topological polar surface area (TPSA) is 147 Å². The van der Waals surface area contributed by atoms with Crippen LogP contribution in [0.3, 0.4) is 0 Å². The minimum Gasteiger partial charge on any atom is -0.496 e. The summed E-state index contributed by atoms with van der Waals surface area (Å²) in [6.07, 6.45) is 4.62. The fourth-order valence-electron chi connectivity index (χ4n) is 5.47. The number of ketones is 1. The quantitative estimate of drug-likeness (QED) is 0.239. The average molecular weight is 615 g/mol. The number of carbonyl (C=O) groups is 4. The largest absolute Gasteiger partial charge is 0.496 e. The van der Waals surface area contributed by atoms with E-state index in [0.717, 1.165) is 39.2 Å². The van der Waals surface area contributed by atoms with Gasteiger partial charge in [0.25, 0.3) is 5.91 Å². The van der Waals surface area contributed by atoms with Gasteiger partial charge in [0, 0.05) is 19.0 Å². The molecule has 44 heavy (non-hydrogen) atoms. The Balaban J connectivity index is 1.97. The van der Waals surface area contributed by atoms with E-state index >= 15 is 0 Å². The molecule has 0 aliphatic heterocycles. The van der Waals surface area contributed by atoms with Crippen molar-refractivity contribution in [1.82, 2.24) is 20.4 Å². The molecule has 0 radical (unpaired) electrons. The molecule has 1 aliphatic rings. The molecule has 2 N–H and O–H groups in total. The highest BCUT2D eigenvalue weighted by Gasteiger charge is 2.31. The Hall–Kier alpha value is -4.09. The number of benzene rings is 1. The van der Waals surface area contributed by atoms with E-state index in [4.69, 9.17) is 19.3 Å². The lowest BCUT2D eigenvalue weighted by atomic mass is 9.92. The van der Waals surface area contributed by atoms with Gasteiger partial charge < -0.3 is 29.6 Å². The fourth-order valence-corrected chi connectivity index (χ4v) is 5.47. The number of methoxy groups -OCH3 is 3. The maximum absolute atomic E-state index is 13.8. The Morgan fingerprint density at radius 3 is 2.20 bits per heavy atom. The molecule has 1 fully saturated rings. The van der Waals surface area contributed by atoms with Crippen LogP contribution in [0.5, 0.6) is 11.5 Å². The summed E-state index contributed by atoms with van der Waals surface area (Å²) in [5, 5.41) is 10.4. The van der Waals surface area contributed by atoms with Gasteiger partial charge in [-0.05, 0) is 64.2 Å². The van der Waals surface area contributed by atoms with Crippen molar-refractivity contribution in [3.8, 4) is 22.8 Å². The van der Waals surface area contributed by atoms with Crippen molar-refractivity contribution in [3.63, 3.8) is 0 Å². The van der Waals surface area contributed by atoms with Gasteiger partial charge in [-0.2, -0.15) is 5.10 Å². The molecule has 1 heterocycles. The third-order valence-corrected chi connectivity index (χ3v) is 7.71. The summed E-state index contributed by atoms with van der Waals surface area (Å²) >= 11 is 0. The molecule has 1 saturated carbocycles. The van der Waals surface area contributed by atoms with Crippen molar-refractivity contribution in [1.29, 1.82) is 0 Å². The highest BCUT2D eigenvalue weighted by atomic mass is 16.6. The molecular formula is C32H46N4O8. The van der Waals surface area contributed by atoms with Crippen molar-refractivity contribution >= 4 is 23.8 Å². The van der Waals surface area contributed by atoms with E-state index in [0.29, 0.717) is 29.2 Å². The summed E-state index contributed by atoms with van der Waals surface area (Å²) in [5.41, 5.74) is 0.806. The lowest BCUT2D eigenvalue weighted by Gasteiger charge is -2.27. The zero-order valence-electron chi connectivity index (χ0n) is 26.9. The van der Waals surface area contributed by atoms with Crippen LogP contribution in [0, 0.1) is 5.92 Å². The van der Waals surface area contributed by atoms with Crippen LogP contribution in [0.1, 0.15) is 89.2 Å². The molecule has 1 unspecified atom stereocenters. The zero-order chi connectivity index (χ0) is 32.4. The van der Waals surface area contributed by atoms with Gasteiger partial charge in [0.15, 0.2) is 5.69 Å². The SMILES string of the molecule is CC[C@H](CNC(=O)OC(C)(C)C)C(CC(=O)C(=O)OC)NC(=O)c1cc(-c2c(OC)cccc2OC)n(C2CCCCC2)n1. The number of Topliss-reactive ketones (excluding diaryl/α,β-unsaturated/α-hetero) is 1. The number of ether oxygens (including phenoxy) is 4. The molecule has 1 aromatic heterocycles. The van der Waals surface area contributed by atoms with Gasteiger partial charge in [0.05, 0.1) is 38.6 Å². The van der Waals surface area contributed by atoms with Crippen molar-refractivity contribution in [2.75, 3.05) is 27.9 Å². The Labute approximate surface area is 259 Å². The van der Waals surface area contributed by atoms with Crippen molar-refractivity contribution in [2.45, 2.75) is 90.3 Å². The van der Waals surface area contributed by atoms with Gasteiger partial charge >= 0.3 is 12.1 Å². The lowest BCUT2D eigenvalue weighted by Crippen LogP contribution is -2.47. The maximum atomic E-state index is 13.8. The van der Waals surface area contributed by atoms with Gasteiger partial charge in [-0.15, -0.1) is 0 Å². The minimum absolute atomic E-state index is 0.0769. The Morgan fingerprint density at radius 1 is 1.02 bits per heavy atom. The van der Waals surface area contributed by atoms with Crippen LogP contribution >= 0.6 is 0 Å². The van der Waals surface area contributed by atoms with E-state index in [1.165, 1.54) is 0 Å². The van der Waals surface area contributed by atoms with Crippen molar-refractivity contribution in [2.24, 2.45) is 5.92 Å². The standard InChI is InChI=1S/C32H46N4O8/c1-8-20(19-33-31(40)44-32(2,3)4)22(18-25(37)30(39)43-7)34-29(38)23-17-24(36(35-23)21-13-10-9-11-14-21)28-26(41-5)15-12-16-27(28)42-6/h12,15-17,20-22H,8-11,13-14,18-19H2,1-7H3,(H,33,40)(H,34,38)/t20-,22?/m1/s1. The molecule has 0 bridgehead atoms. The number of esters is 1. The number of aromatic nitrogens is 2. The van der Waals surface area contributed by atoms with Crippen LogP contribution in [0.15, 0.2) is 24.3 Å². The third-order valence-electron chi connectivity index (χ3n) is 7.71. The Morgan fingerprint density at radius 2 is 1.66 bits per heavy atom. The summed E-state index contributed by atoms with van der Waals surface area (Å²) in [6, 6.07) is 6.45. The van der Waals surface area contributed by atoms with Crippen LogP contribution in [0.4, 0.5) is 4.79 Å². The Kier molecular flexibility index (Phi) is 12.2. The smallest absolute Gasteiger partial charge is 0.407 e. The molecule has 12 nitrogen and oxygen atoms in total.